The number of rotatable bonds is 4. The van der Waals surface area contributed by atoms with Crippen LogP contribution in [0.1, 0.15) is 13.3 Å². The van der Waals surface area contributed by atoms with Crippen LogP contribution in [0.15, 0.2) is 28.4 Å². The fraction of sp³-hybridized carbons (Fsp3) is 0.273. The molecule has 5 heteroatoms. The van der Waals surface area contributed by atoms with Gasteiger partial charge in [0.2, 0.25) is 0 Å². The fourth-order valence-electron chi connectivity index (χ4n) is 1.22. The van der Waals surface area contributed by atoms with E-state index in [-0.39, 0.29) is 0 Å². The van der Waals surface area contributed by atoms with E-state index >= 15 is 0 Å². The lowest BCUT2D eigenvalue weighted by molar-refractivity contribution is 0.316. The highest BCUT2D eigenvalue weighted by Crippen LogP contribution is 2.27. The Hall–Kier alpha value is -0.940. The van der Waals surface area contributed by atoms with Crippen molar-refractivity contribution in [1.82, 2.24) is 9.97 Å². The van der Waals surface area contributed by atoms with Gasteiger partial charge < -0.3 is 4.74 Å². The number of ether oxygens (including phenoxy) is 1. The fourth-order valence-corrected chi connectivity index (χ4v) is 2.46. The molecule has 0 bridgehead atoms. The summed E-state index contributed by atoms with van der Waals surface area (Å²) >= 11 is 4.92. The van der Waals surface area contributed by atoms with Crippen molar-refractivity contribution in [3.8, 4) is 16.3 Å². The summed E-state index contributed by atoms with van der Waals surface area (Å²) in [5.41, 5.74) is 0.990. The highest BCUT2D eigenvalue weighted by molar-refractivity contribution is 9.10. The zero-order valence-electron chi connectivity index (χ0n) is 8.81. The zero-order chi connectivity index (χ0) is 11.4. The summed E-state index contributed by atoms with van der Waals surface area (Å²) in [7, 11) is 0. The van der Waals surface area contributed by atoms with E-state index in [1.54, 1.807) is 23.7 Å². The lowest BCUT2D eigenvalue weighted by atomic mass is 10.3. The molecule has 2 rings (SSSR count). The van der Waals surface area contributed by atoms with Crippen LogP contribution in [-0.4, -0.2) is 16.6 Å². The topological polar surface area (TPSA) is 35.0 Å². The third-order valence-corrected chi connectivity index (χ3v) is 3.51. The van der Waals surface area contributed by atoms with Gasteiger partial charge in [-0.05, 0) is 28.4 Å². The van der Waals surface area contributed by atoms with Gasteiger partial charge in [-0.3, -0.25) is 4.98 Å². The van der Waals surface area contributed by atoms with Crippen molar-refractivity contribution in [3.05, 3.63) is 28.4 Å². The van der Waals surface area contributed by atoms with Crippen molar-refractivity contribution in [2.24, 2.45) is 0 Å². The minimum Gasteiger partial charge on any atom is -0.492 e. The second kappa shape index (κ2) is 5.41. The Bertz CT molecular complexity index is 473. The van der Waals surface area contributed by atoms with Crippen LogP contribution >= 0.6 is 27.3 Å². The molecule has 0 atom stereocenters. The van der Waals surface area contributed by atoms with E-state index in [0.717, 1.165) is 27.3 Å². The smallest absolute Gasteiger partial charge is 0.138 e. The first-order valence-corrected chi connectivity index (χ1v) is 6.66. The van der Waals surface area contributed by atoms with E-state index in [1.807, 2.05) is 11.4 Å². The maximum Gasteiger partial charge on any atom is 0.138 e. The van der Waals surface area contributed by atoms with Gasteiger partial charge in [-0.2, -0.15) is 0 Å². The van der Waals surface area contributed by atoms with E-state index in [1.165, 1.54) is 0 Å². The molecule has 0 aliphatic rings. The van der Waals surface area contributed by atoms with Crippen LogP contribution in [0.3, 0.4) is 0 Å². The summed E-state index contributed by atoms with van der Waals surface area (Å²) in [6, 6.07) is 1.97. The Kier molecular flexibility index (Phi) is 3.90. The van der Waals surface area contributed by atoms with Crippen LogP contribution in [0.2, 0.25) is 0 Å². The average molecular weight is 299 g/mol. The van der Waals surface area contributed by atoms with Gasteiger partial charge in [-0.25, -0.2) is 4.98 Å². The van der Waals surface area contributed by atoms with E-state index in [0.29, 0.717) is 6.61 Å². The molecule has 0 unspecified atom stereocenters. The summed E-state index contributed by atoms with van der Waals surface area (Å²) < 4.78 is 6.38. The maximum atomic E-state index is 5.53. The second-order valence-corrected chi connectivity index (χ2v) is 4.90. The molecule has 0 N–H and O–H groups in total. The highest BCUT2D eigenvalue weighted by Gasteiger charge is 2.05. The highest BCUT2D eigenvalue weighted by atomic mass is 79.9. The molecule has 0 spiro atoms. The van der Waals surface area contributed by atoms with E-state index < -0.39 is 0 Å². The average Bonchev–Trinajstić information content (AvgIpc) is 2.74. The molecule has 2 aromatic heterocycles. The summed E-state index contributed by atoms with van der Waals surface area (Å²) in [6.07, 6.45) is 4.51. The van der Waals surface area contributed by atoms with E-state index in [4.69, 9.17) is 4.74 Å². The summed E-state index contributed by atoms with van der Waals surface area (Å²) in [6.45, 7) is 2.79. The molecule has 0 saturated heterocycles. The van der Waals surface area contributed by atoms with Crippen molar-refractivity contribution in [2.75, 3.05) is 6.61 Å². The molecule has 2 aromatic rings. The van der Waals surface area contributed by atoms with E-state index in [9.17, 15) is 0 Å². The van der Waals surface area contributed by atoms with Crippen molar-refractivity contribution in [2.45, 2.75) is 13.3 Å². The Labute approximate surface area is 107 Å². The number of hydrogen-bond donors (Lipinski definition) is 0. The number of pyridine rings is 1. The summed E-state index contributed by atoms with van der Waals surface area (Å²) in [4.78, 5) is 8.49. The SMILES string of the molecule is CCCOc1cncc(-c2nc(Br)cs2)c1. The van der Waals surface area contributed by atoms with Gasteiger partial charge in [-0.1, -0.05) is 6.92 Å². The monoisotopic (exact) mass is 298 g/mol. The molecule has 0 saturated carbocycles. The lowest BCUT2D eigenvalue weighted by Crippen LogP contribution is -1.95. The third-order valence-electron chi connectivity index (χ3n) is 1.91. The molecule has 0 aromatic carbocycles. The minimum absolute atomic E-state index is 0.715. The number of hydrogen-bond acceptors (Lipinski definition) is 4. The van der Waals surface area contributed by atoms with Gasteiger partial charge in [0.15, 0.2) is 0 Å². The maximum absolute atomic E-state index is 5.53. The molecule has 2 heterocycles. The van der Waals surface area contributed by atoms with E-state index in [2.05, 4.69) is 32.8 Å². The molecule has 0 amide bonds. The number of aromatic nitrogens is 2. The molecule has 84 valence electrons. The van der Waals surface area contributed by atoms with Gasteiger partial charge in [0, 0.05) is 17.1 Å². The molecule has 16 heavy (non-hydrogen) atoms. The van der Waals surface area contributed by atoms with Crippen LogP contribution < -0.4 is 4.74 Å². The molecule has 0 fully saturated rings. The van der Waals surface area contributed by atoms with Crippen molar-refractivity contribution >= 4 is 27.3 Å². The van der Waals surface area contributed by atoms with Gasteiger partial charge >= 0.3 is 0 Å². The van der Waals surface area contributed by atoms with Gasteiger partial charge in [0.1, 0.15) is 15.4 Å². The molecule has 0 aliphatic heterocycles. The first-order chi connectivity index (χ1) is 7.79. The molecule has 0 aliphatic carbocycles. The largest absolute Gasteiger partial charge is 0.492 e. The van der Waals surface area contributed by atoms with Gasteiger partial charge in [-0.15, -0.1) is 11.3 Å². The first-order valence-electron chi connectivity index (χ1n) is 4.99. The van der Waals surface area contributed by atoms with Crippen molar-refractivity contribution in [1.29, 1.82) is 0 Å². The number of halogens is 1. The van der Waals surface area contributed by atoms with Crippen LogP contribution in [0.25, 0.3) is 10.6 Å². The van der Waals surface area contributed by atoms with Crippen LogP contribution in [0.5, 0.6) is 5.75 Å². The molecule has 3 nitrogen and oxygen atoms in total. The summed E-state index contributed by atoms with van der Waals surface area (Å²) in [5, 5.41) is 2.90. The first kappa shape index (κ1) is 11.5. The second-order valence-electron chi connectivity index (χ2n) is 3.23. The zero-order valence-corrected chi connectivity index (χ0v) is 11.2. The molecule has 0 radical (unpaired) electrons. The van der Waals surface area contributed by atoms with Crippen LogP contribution in [0.4, 0.5) is 0 Å². The Morgan fingerprint density at radius 1 is 1.44 bits per heavy atom. The quantitative estimate of drug-likeness (QED) is 0.862. The Morgan fingerprint density at radius 3 is 3.00 bits per heavy atom. The molecular weight excluding hydrogens is 288 g/mol. The minimum atomic E-state index is 0.715. The van der Waals surface area contributed by atoms with Crippen LogP contribution in [0, 0.1) is 0 Å². The van der Waals surface area contributed by atoms with Gasteiger partial charge in [0.05, 0.1) is 12.8 Å². The standard InChI is InChI=1S/C11H11BrN2OS/c1-2-3-15-9-4-8(5-13-6-9)11-14-10(12)7-16-11/h4-7H,2-3H2,1H3. The van der Waals surface area contributed by atoms with Crippen molar-refractivity contribution in [3.63, 3.8) is 0 Å². The third kappa shape index (κ3) is 2.80. The summed E-state index contributed by atoms with van der Waals surface area (Å²) in [5.74, 6) is 0.797. The number of thiazole rings is 1. The Balaban J connectivity index is 2.22. The predicted octanol–water partition coefficient (Wildman–Crippen LogP) is 3.76. The van der Waals surface area contributed by atoms with Crippen molar-refractivity contribution < 1.29 is 4.74 Å². The Morgan fingerprint density at radius 2 is 2.31 bits per heavy atom. The predicted molar refractivity (Wildman–Crippen MR) is 68.8 cm³/mol. The van der Waals surface area contributed by atoms with Gasteiger partial charge in [0.25, 0.3) is 0 Å². The molecular formula is C11H11BrN2OS. The number of nitrogens with zero attached hydrogens (tertiary/aromatic N) is 2. The van der Waals surface area contributed by atoms with Crippen LogP contribution in [-0.2, 0) is 0 Å². The lowest BCUT2D eigenvalue weighted by Gasteiger charge is -2.04. The normalized spacial score (nSPS) is 10.4.